The van der Waals surface area contributed by atoms with Crippen molar-refractivity contribution in [3.63, 3.8) is 0 Å². The van der Waals surface area contributed by atoms with Gasteiger partial charge in [-0.05, 0) is 12.8 Å². The Morgan fingerprint density at radius 2 is 1.12 bits per heavy atom. The third-order valence-corrected chi connectivity index (χ3v) is 11.8. The quantitative estimate of drug-likeness (QED) is 0.0475. The average molecular weight is 1100 g/mol. The highest BCUT2D eigenvalue weighted by atomic mass is 32.3. The number of carboxylic acids is 2. The molecule has 0 spiro atoms. The van der Waals surface area contributed by atoms with Gasteiger partial charge in [0.25, 0.3) is 0 Å². The highest BCUT2D eigenvalue weighted by Gasteiger charge is 2.59. The van der Waals surface area contributed by atoms with Gasteiger partial charge in [-0.3, -0.25) is 22.8 Å². The van der Waals surface area contributed by atoms with Gasteiger partial charge in [0.1, 0.15) is 67.0 Å². The molecular formula is C25H40N2O36S5. The lowest BCUT2D eigenvalue weighted by atomic mass is 9.94. The lowest BCUT2D eigenvalue weighted by Crippen LogP contribution is -2.70. The van der Waals surface area contributed by atoms with Crippen LogP contribution < -0.4 is 10.0 Å². The molecule has 4 rings (SSSR count). The van der Waals surface area contributed by atoms with Crippen LogP contribution in [0.15, 0.2) is 0 Å². The molecule has 18 unspecified atom stereocenters. The normalized spacial score (nSPS) is 37.8. The van der Waals surface area contributed by atoms with E-state index in [1.54, 1.807) is 5.32 Å². The van der Waals surface area contributed by atoms with E-state index in [0.717, 1.165) is 0 Å². The van der Waals surface area contributed by atoms with Gasteiger partial charge in [0, 0.05) is 0 Å². The van der Waals surface area contributed by atoms with Gasteiger partial charge in [-0.1, -0.05) is 0 Å². The van der Waals surface area contributed by atoms with E-state index in [0.29, 0.717) is 0 Å². The highest BCUT2D eigenvalue weighted by Crippen LogP contribution is 2.37. The number of hydrogen-bond donors (Lipinski definition) is 14. The summed E-state index contributed by atoms with van der Waals surface area (Å²) in [6.07, 6.45) is -44.8. The molecule has 18 atom stereocenters. The maximum absolute atomic E-state index is 12.7. The van der Waals surface area contributed by atoms with Gasteiger partial charge < -0.3 is 74.2 Å². The van der Waals surface area contributed by atoms with Crippen molar-refractivity contribution in [3.05, 3.63) is 0 Å². The van der Waals surface area contributed by atoms with E-state index in [-0.39, 0.29) is 0 Å². The van der Waals surface area contributed by atoms with Crippen molar-refractivity contribution < 1.29 is 165 Å². The Hall–Kier alpha value is -2.88. The van der Waals surface area contributed by atoms with Crippen LogP contribution in [-0.4, -0.2) is 242 Å². The van der Waals surface area contributed by atoms with E-state index >= 15 is 0 Å². The zero-order chi connectivity index (χ0) is 51.6. The second-order valence-electron chi connectivity index (χ2n) is 14.1. The molecule has 4 aliphatic rings. The van der Waals surface area contributed by atoms with Crippen LogP contribution in [0.2, 0.25) is 0 Å². The summed E-state index contributed by atoms with van der Waals surface area (Å²) in [7, 11) is -28.7. The first-order valence-electron chi connectivity index (χ1n) is 18.0. The molecule has 4 aliphatic heterocycles. The molecule has 4 saturated heterocycles. The molecule has 0 aromatic heterocycles. The first kappa shape index (κ1) is 57.7. The van der Waals surface area contributed by atoms with Gasteiger partial charge in [0.15, 0.2) is 43.5 Å². The van der Waals surface area contributed by atoms with Crippen LogP contribution in [0.1, 0.15) is 12.8 Å². The fraction of sp³-hybridized carbons (Fsp3) is 0.880. The molecule has 396 valence electrons. The molecule has 4 fully saturated rings. The predicted molar refractivity (Wildman–Crippen MR) is 195 cm³/mol. The number of amides is 1. The smallest absolute Gasteiger partial charge is 0.405 e. The number of nitrogens with one attached hydrogen (secondary N) is 2. The standard InChI is InChI=1S/C25H40N2O36S5/c28-3-7-14(58-22-6(61-66(44,45)46)2-1-5(55-22)19(31)32)15(62-67(47,48)49)10(27-64(38,39)40)23(56-7)59-16-12(30)17(63-68(50,51)52)24(60-18(16)20(33)34)57-13-8(4-53-65(41,42)43)54-21(35)9(11(13)29)26-25(36)37/h5-18,21-24,26-30,35H,1-4H2,(H,31,32)(H,33,34)(H,36,37)(H,38,39,40)(H,41,42,43)(H,44,45,46)(H,47,48,49)(H,50,51,52). The van der Waals surface area contributed by atoms with Gasteiger partial charge in [-0.25, -0.2) is 31.1 Å². The zero-order valence-electron chi connectivity index (χ0n) is 32.9. The van der Waals surface area contributed by atoms with Crippen LogP contribution in [-0.2, 0) is 111 Å². The van der Waals surface area contributed by atoms with E-state index in [1.165, 1.54) is 4.72 Å². The third kappa shape index (κ3) is 16.3. The summed E-state index contributed by atoms with van der Waals surface area (Å²) in [5.41, 5.74) is 0. The Morgan fingerprint density at radius 3 is 1.62 bits per heavy atom. The summed E-state index contributed by atoms with van der Waals surface area (Å²) in [6, 6.07) is -5.08. The molecule has 0 aromatic carbocycles. The number of carbonyl (C=O) groups is 3. The Balaban J connectivity index is 1.80. The molecule has 0 aromatic rings. The summed E-state index contributed by atoms with van der Waals surface area (Å²) < 4.78 is 222. The van der Waals surface area contributed by atoms with Crippen LogP contribution in [0.4, 0.5) is 4.79 Å². The summed E-state index contributed by atoms with van der Waals surface area (Å²) >= 11 is 0. The van der Waals surface area contributed by atoms with Gasteiger partial charge in [0.05, 0.1) is 13.2 Å². The molecule has 14 N–H and O–H groups in total. The van der Waals surface area contributed by atoms with Gasteiger partial charge in [0.2, 0.25) is 0 Å². The Morgan fingerprint density at radius 1 is 0.559 bits per heavy atom. The SMILES string of the molecule is O=C(O)NC1C(O)OC(COS(=O)(=O)O)C(OC2OC(C(=O)O)C(OC3OC(CO)C(OC4OC(C(=O)O)CCC4OS(=O)(=O)O)C(OS(=O)(=O)O)C3NS(=O)(=O)O)C(O)C2OS(=O)(=O)O)C1O. The third-order valence-electron chi connectivity index (χ3n) is 9.41. The molecule has 68 heavy (non-hydrogen) atoms. The van der Waals surface area contributed by atoms with Crippen molar-refractivity contribution in [2.75, 3.05) is 13.2 Å². The number of rotatable bonds is 21. The summed E-state index contributed by atoms with van der Waals surface area (Å²) in [5.74, 6) is -4.07. The summed E-state index contributed by atoms with van der Waals surface area (Å²) in [4.78, 5) is 35.8. The van der Waals surface area contributed by atoms with Crippen LogP contribution in [0.25, 0.3) is 0 Å². The van der Waals surface area contributed by atoms with Crippen molar-refractivity contribution in [1.29, 1.82) is 0 Å². The molecule has 0 saturated carbocycles. The second kappa shape index (κ2) is 22.3. The average Bonchev–Trinajstić information content (AvgIpc) is 3.15. The largest absolute Gasteiger partial charge is 0.479 e. The molecule has 0 radical (unpaired) electrons. The minimum atomic E-state index is -5.99. The van der Waals surface area contributed by atoms with E-state index in [4.69, 9.17) is 37.7 Å². The van der Waals surface area contributed by atoms with Crippen molar-refractivity contribution in [2.24, 2.45) is 0 Å². The molecule has 0 aliphatic carbocycles. The lowest BCUT2D eigenvalue weighted by Gasteiger charge is -2.49. The first-order valence-corrected chi connectivity index (χ1v) is 24.9. The maximum atomic E-state index is 12.7. The van der Waals surface area contributed by atoms with Crippen molar-refractivity contribution in [3.8, 4) is 0 Å². The summed E-state index contributed by atoms with van der Waals surface area (Å²) in [6.45, 7) is -3.01. The van der Waals surface area contributed by atoms with Gasteiger partial charge in [-0.2, -0.15) is 46.8 Å². The summed E-state index contributed by atoms with van der Waals surface area (Å²) in [5, 5.41) is 73.6. The number of ether oxygens (including phenoxy) is 7. The Kier molecular flexibility index (Phi) is 18.9. The number of aliphatic hydroxyl groups is 4. The fourth-order valence-electron chi connectivity index (χ4n) is 6.89. The van der Waals surface area contributed by atoms with Crippen molar-refractivity contribution in [1.82, 2.24) is 10.0 Å². The zero-order valence-corrected chi connectivity index (χ0v) is 37.0. The highest BCUT2D eigenvalue weighted by molar-refractivity contribution is 7.83. The molecule has 38 nitrogen and oxygen atoms in total. The second-order valence-corrected chi connectivity index (χ2v) is 19.5. The molecular weight excluding hydrogens is 1060 g/mol. The van der Waals surface area contributed by atoms with E-state index in [1.807, 2.05) is 0 Å². The Labute approximate surface area is 380 Å². The lowest BCUT2D eigenvalue weighted by molar-refractivity contribution is -0.363. The van der Waals surface area contributed by atoms with Crippen molar-refractivity contribution in [2.45, 2.75) is 123 Å². The van der Waals surface area contributed by atoms with Crippen molar-refractivity contribution >= 4 is 69.9 Å². The van der Waals surface area contributed by atoms with Crippen LogP contribution in [0.5, 0.6) is 0 Å². The number of aliphatic hydroxyl groups excluding tert-OH is 4. The van der Waals surface area contributed by atoms with Gasteiger partial charge >= 0.3 is 69.9 Å². The van der Waals surface area contributed by atoms with Crippen LogP contribution in [0, 0.1) is 0 Å². The minimum absolute atomic E-state index is 0.567. The number of hydrogen-bond acceptors (Lipinski definition) is 28. The first-order chi connectivity index (χ1) is 31.0. The molecule has 43 heteroatoms. The maximum Gasteiger partial charge on any atom is 0.405 e. The van der Waals surface area contributed by atoms with Crippen LogP contribution in [0.3, 0.4) is 0 Å². The molecule has 1 amide bonds. The number of aliphatic carboxylic acids is 2. The monoisotopic (exact) mass is 1100 g/mol. The predicted octanol–water partition coefficient (Wildman–Crippen LogP) is -8.52. The Bertz CT molecular complexity index is 2370. The van der Waals surface area contributed by atoms with E-state index < -0.39 is 206 Å². The topological polar surface area (TPSA) is 590 Å². The van der Waals surface area contributed by atoms with Crippen LogP contribution >= 0.6 is 0 Å². The van der Waals surface area contributed by atoms with E-state index in [9.17, 15) is 110 Å². The molecule has 0 bridgehead atoms. The van der Waals surface area contributed by atoms with Gasteiger partial charge in [-0.15, -0.1) is 0 Å². The molecule has 4 heterocycles. The van der Waals surface area contributed by atoms with E-state index in [2.05, 4.69) is 16.7 Å². The fourth-order valence-corrected chi connectivity index (χ4v) is 9.28. The number of carboxylic acid groups (broad SMARTS) is 3. The minimum Gasteiger partial charge on any atom is -0.479 e.